The van der Waals surface area contributed by atoms with E-state index in [4.69, 9.17) is 16.3 Å². The number of amidine groups is 1. The number of ether oxygens (including phenoxy) is 1. The second-order valence-corrected chi connectivity index (χ2v) is 7.06. The molecule has 1 N–H and O–H groups in total. The highest BCUT2D eigenvalue weighted by Gasteiger charge is 2.27. The van der Waals surface area contributed by atoms with E-state index in [-0.39, 0.29) is 16.7 Å². The second kappa shape index (κ2) is 7.49. The first-order valence-corrected chi connectivity index (χ1v) is 9.20. The first kappa shape index (κ1) is 17.2. The minimum atomic E-state index is -0.234. The lowest BCUT2D eigenvalue weighted by Gasteiger charge is -2.27. The van der Waals surface area contributed by atoms with E-state index in [1.807, 2.05) is 6.92 Å². The molecule has 0 bridgehead atoms. The third kappa shape index (κ3) is 3.70. The summed E-state index contributed by atoms with van der Waals surface area (Å²) in [6.07, 6.45) is 5.24. The molecule has 0 spiro atoms. The van der Waals surface area contributed by atoms with Gasteiger partial charge in [0.15, 0.2) is 16.7 Å². The molecule has 0 aliphatic carbocycles. The number of carbonyl (C=O) groups is 1. The van der Waals surface area contributed by atoms with Crippen LogP contribution in [0.3, 0.4) is 0 Å². The van der Waals surface area contributed by atoms with Gasteiger partial charge in [0.1, 0.15) is 0 Å². The van der Waals surface area contributed by atoms with Crippen LogP contribution in [0.1, 0.15) is 31.7 Å². The van der Waals surface area contributed by atoms with Crippen molar-refractivity contribution in [2.75, 3.05) is 19.7 Å². The standard InChI is InChI=1S/C17H19ClN2O3S/c1-2-23-13-9-11(8-12(18)15(13)21)10-14-16(22)19-17(24-14)20-6-4-3-5-7-20/h8-10,21H,2-7H2,1H3/b14-10+. The number of likely N-dealkylation sites (tertiary alicyclic amines) is 1. The smallest absolute Gasteiger partial charge is 0.286 e. The zero-order valence-corrected chi connectivity index (χ0v) is 15.0. The largest absolute Gasteiger partial charge is 0.503 e. The molecule has 1 saturated heterocycles. The summed E-state index contributed by atoms with van der Waals surface area (Å²) in [5.41, 5.74) is 0.701. The van der Waals surface area contributed by atoms with Crippen LogP contribution in [0.4, 0.5) is 0 Å². The summed E-state index contributed by atoms with van der Waals surface area (Å²) in [6.45, 7) is 4.14. The average Bonchev–Trinajstić information content (AvgIpc) is 2.94. The molecule has 3 rings (SSSR count). The van der Waals surface area contributed by atoms with Gasteiger partial charge < -0.3 is 14.7 Å². The number of carbonyl (C=O) groups excluding carboxylic acids is 1. The van der Waals surface area contributed by atoms with E-state index in [1.165, 1.54) is 18.2 Å². The molecule has 128 valence electrons. The van der Waals surface area contributed by atoms with Gasteiger partial charge >= 0.3 is 0 Å². The highest BCUT2D eigenvalue weighted by Crippen LogP contribution is 2.37. The Kier molecular flexibility index (Phi) is 5.36. The van der Waals surface area contributed by atoms with Crippen LogP contribution in [0.2, 0.25) is 5.02 Å². The van der Waals surface area contributed by atoms with Gasteiger partial charge in [0, 0.05) is 13.1 Å². The number of phenolic OH excluding ortho intramolecular Hbond substituents is 1. The lowest BCUT2D eigenvalue weighted by molar-refractivity contribution is -0.113. The summed E-state index contributed by atoms with van der Waals surface area (Å²) >= 11 is 7.43. The Hall–Kier alpha value is -1.66. The van der Waals surface area contributed by atoms with Crippen molar-refractivity contribution in [3.05, 3.63) is 27.6 Å². The van der Waals surface area contributed by atoms with Gasteiger partial charge in [-0.05, 0) is 61.7 Å². The van der Waals surface area contributed by atoms with Crippen molar-refractivity contribution in [2.45, 2.75) is 26.2 Å². The quantitative estimate of drug-likeness (QED) is 0.822. The van der Waals surface area contributed by atoms with Gasteiger partial charge in [-0.15, -0.1) is 0 Å². The van der Waals surface area contributed by atoms with Crippen LogP contribution in [0, 0.1) is 0 Å². The number of nitrogens with zero attached hydrogens (tertiary/aromatic N) is 2. The zero-order chi connectivity index (χ0) is 17.1. The Morgan fingerprint density at radius 2 is 2.12 bits per heavy atom. The molecular formula is C17H19ClN2O3S. The van der Waals surface area contributed by atoms with Crippen LogP contribution in [-0.4, -0.2) is 40.8 Å². The number of hydrogen-bond acceptors (Lipinski definition) is 5. The lowest BCUT2D eigenvalue weighted by Crippen LogP contribution is -2.33. The topological polar surface area (TPSA) is 62.1 Å². The van der Waals surface area contributed by atoms with Crippen molar-refractivity contribution in [1.29, 1.82) is 0 Å². The number of thioether (sulfide) groups is 1. The van der Waals surface area contributed by atoms with Gasteiger partial charge in [0.05, 0.1) is 16.5 Å². The number of hydrogen-bond donors (Lipinski definition) is 1. The first-order valence-electron chi connectivity index (χ1n) is 8.01. The van der Waals surface area contributed by atoms with Gasteiger partial charge in [-0.1, -0.05) is 11.6 Å². The number of amides is 1. The molecule has 0 atom stereocenters. The average molecular weight is 367 g/mol. The number of rotatable bonds is 3. The molecule has 7 heteroatoms. The minimum Gasteiger partial charge on any atom is -0.503 e. The maximum Gasteiger partial charge on any atom is 0.286 e. The van der Waals surface area contributed by atoms with Crippen LogP contribution < -0.4 is 4.74 Å². The number of phenols is 1. The van der Waals surface area contributed by atoms with Crippen molar-refractivity contribution >= 4 is 40.5 Å². The Balaban J connectivity index is 1.81. The molecule has 0 unspecified atom stereocenters. The molecule has 5 nitrogen and oxygen atoms in total. The van der Waals surface area contributed by atoms with E-state index in [2.05, 4.69) is 9.89 Å². The maximum absolute atomic E-state index is 12.2. The predicted octanol–water partition coefficient (Wildman–Crippen LogP) is 3.90. The van der Waals surface area contributed by atoms with Gasteiger partial charge in [-0.2, -0.15) is 4.99 Å². The molecule has 0 aromatic heterocycles. The van der Waals surface area contributed by atoms with Crippen molar-refractivity contribution < 1.29 is 14.6 Å². The fraction of sp³-hybridized carbons (Fsp3) is 0.412. The summed E-state index contributed by atoms with van der Waals surface area (Å²) in [6, 6.07) is 3.28. The Morgan fingerprint density at radius 3 is 2.83 bits per heavy atom. The molecule has 0 saturated carbocycles. The fourth-order valence-corrected chi connectivity index (χ4v) is 3.90. The van der Waals surface area contributed by atoms with E-state index >= 15 is 0 Å². The molecule has 1 aromatic carbocycles. The molecular weight excluding hydrogens is 348 g/mol. The van der Waals surface area contributed by atoms with E-state index < -0.39 is 0 Å². The third-order valence-corrected chi connectivity index (χ3v) is 5.22. The normalized spacial score (nSPS) is 19.8. The fourth-order valence-electron chi connectivity index (χ4n) is 2.71. The number of benzene rings is 1. The molecule has 1 amide bonds. The number of aliphatic imine (C=N–C) groups is 1. The number of aromatic hydroxyl groups is 1. The Morgan fingerprint density at radius 1 is 1.38 bits per heavy atom. The predicted molar refractivity (Wildman–Crippen MR) is 97.7 cm³/mol. The minimum absolute atomic E-state index is 0.0867. The van der Waals surface area contributed by atoms with Crippen molar-refractivity contribution in [3.63, 3.8) is 0 Å². The van der Waals surface area contributed by atoms with Crippen LogP contribution >= 0.6 is 23.4 Å². The Bertz CT molecular complexity index is 712. The van der Waals surface area contributed by atoms with Crippen molar-refractivity contribution in [1.82, 2.24) is 4.90 Å². The van der Waals surface area contributed by atoms with Crippen molar-refractivity contribution in [3.8, 4) is 11.5 Å². The number of halogens is 1. The number of piperidine rings is 1. The summed E-state index contributed by atoms with van der Waals surface area (Å²) in [7, 11) is 0. The van der Waals surface area contributed by atoms with E-state index in [0.717, 1.165) is 31.1 Å². The van der Waals surface area contributed by atoms with Crippen LogP contribution in [0.5, 0.6) is 11.5 Å². The molecule has 24 heavy (non-hydrogen) atoms. The summed E-state index contributed by atoms with van der Waals surface area (Å²) in [5, 5.41) is 10.9. The van der Waals surface area contributed by atoms with Crippen LogP contribution in [0.15, 0.2) is 22.0 Å². The van der Waals surface area contributed by atoms with Gasteiger partial charge in [-0.25, -0.2) is 0 Å². The highest BCUT2D eigenvalue weighted by atomic mass is 35.5. The molecule has 2 aliphatic heterocycles. The summed E-state index contributed by atoms with van der Waals surface area (Å²) in [5.74, 6) is -0.0106. The van der Waals surface area contributed by atoms with Crippen LogP contribution in [0.25, 0.3) is 6.08 Å². The highest BCUT2D eigenvalue weighted by molar-refractivity contribution is 8.18. The molecule has 1 aromatic rings. The second-order valence-electron chi connectivity index (χ2n) is 5.64. The van der Waals surface area contributed by atoms with Gasteiger partial charge in [0.25, 0.3) is 5.91 Å². The van der Waals surface area contributed by atoms with Crippen molar-refractivity contribution in [2.24, 2.45) is 4.99 Å². The summed E-state index contributed by atoms with van der Waals surface area (Å²) < 4.78 is 5.37. The zero-order valence-electron chi connectivity index (χ0n) is 13.4. The molecule has 2 heterocycles. The summed E-state index contributed by atoms with van der Waals surface area (Å²) in [4.78, 5) is 19.1. The third-order valence-electron chi connectivity index (χ3n) is 3.88. The van der Waals surface area contributed by atoms with E-state index in [0.29, 0.717) is 22.8 Å². The SMILES string of the molecule is CCOc1cc(/C=C2/SC(N3CCCCC3)=NC2=O)cc(Cl)c1O. The van der Waals surface area contributed by atoms with Gasteiger partial charge in [-0.3, -0.25) is 4.79 Å². The molecule has 2 aliphatic rings. The van der Waals surface area contributed by atoms with Gasteiger partial charge in [0.2, 0.25) is 0 Å². The lowest BCUT2D eigenvalue weighted by atomic mass is 10.1. The monoisotopic (exact) mass is 366 g/mol. The van der Waals surface area contributed by atoms with Crippen LogP contribution in [-0.2, 0) is 4.79 Å². The van der Waals surface area contributed by atoms with E-state index in [1.54, 1.807) is 18.2 Å². The maximum atomic E-state index is 12.2. The first-order chi connectivity index (χ1) is 11.6. The Labute approximate surface area is 150 Å². The van der Waals surface area contributed by atoms with E-state index in [9.17, 15) is 9.90 Å². The molecule has 0 radical (unpaired) electrons. The molecule has 1 fully saturated rings.